The van der Waals surface area contributed by atoms with Crippen molar-refractivity contribution in [1.29, 1.82) is 0 Å². The van der Waals surface area contributed by atoms with Gasteiger partial charge in [-0.15, -0.1) is 13.2 Å². The Morgan fingerprint density at radius 3 is 2.46 bits per heavy atom. The number of halogens is 4. The lowest BCUT2D eigenvalue weighted by Crippen LogP contribution is -2.14. The van der Waals surface area contributed by atoms with Crippen molar-refractivity contribution < 1.29 is 17.9 Å². The molecule has 0 aromatic carbocycles. The molecule has 0 unspecified atom stereocenters. The van der Waals surface area contributed by atoms with Crippen LogP contribution >= 0.6 is 11.6 Å². The van der Waals surface area contributed by atoms with E-state index in [0.29, 0.717) is 6.42 Å². The highest BCUT2D eigenvalue weighted by atomic mass is 35.5. The molecule has 1 aliphatic rings. The second kappa shape index (κ2) is 3.62. The quantitative estimate of drug-likeness (QED) is 0.644. The maximum atomic E-state index is 11.8. The zero-order chi connectivity index (χ0) is 10.1. The topological polar surface area (TPSA) is 9.23 Å². The van der Waals surface area contributed by atoms with E-state index >= 15 is 0 Å². The predicted octanol–water partition coefficient (Wildman–Crippen LogP) is 3.71. The summed E-state index contributed by atoms with van der Waals surface area (Å²) in [6.45, 7) is 1.81. The van der Waals surface area contributed by atoms with Crippen LogP contribution in [0.3, 0.4) is 0 Å². The molecule has 0 saturated carbocycles. The lowest BCUT2D eigenvalue weighted by molar-refractivity contribution is -0.306. The van der Waals surface area contributed by atoms with Gasteiger partial charge in [0.05, 0.1) is 5.03 Å². The zero-order valence-corrected chi connectivity index (χ0v) is 7.67. The van der Waals surface area contributed by atoms with Gasteiger partial charge in [-0.3, -0.25) is 0 Å². The molecule has 0 fully saturated rings. The van der Waals surface area contributed by atoms with Crippen LogP contribution in [0.1, 0.15) is 19.8 Å². The predicted molar refractivity (Wildman–Crippen MR) is 43.0 cm³/mol. The van der Waals surface area contributed by atoms with Gasteiger partial charge < -0.3 is 4.74 Å². The van der Waals surface area contributed by atoms with Gasteiger partial charge in [-0.25, -0.2) is 0 Å². The number of allylic oxidation sites excluding steroid dienone is 4. The maximum absolute atomic E-state index is 11.8. The van der Waals surface area contributed by atoms with Crippen LogP contribution in [-0.2, 0) is 4.74 Å². The Morgan fingerprint density at radius 2 is 2.00 bits per heavy atom. The van der Waals surface area contributed by atoms with Crippen LogP contribution in [0.25, 0.3) is 0 Å². The summed E-state index contributed by atoms with van der Waals surface area (Å²) in [5, 5.41) is 0.0427. The third kappa shape index (κ3) is 3.30. The van der Waals surface area contributed by atoms with Crippen LogP contribution in [0, 0.1) is 0 Å². The van der Waals surface area contributed by atoms with Crippen molar-refractivity contribution in [2.24, 2.45) is 0 Å². The Labute approximate surface area is 78.8 Å². The van der Waals surface area contributed by atoms with Crippen molar-refractivity contribution in [1.82, 2.24) is 0 Å². The van der Waals surface area contributed by atoms with Crippen LogP contribution in [0.2, 0.25) is 0 Å². The molecule has 0 saturated heterocycles. The summed E-state index contributed by atoms with van der Waals surface area (Å²) in [5.74, 6) is -0.195. The van der Waals surface area contributed by atoms with Gasteiger partial charge in [0.15, 0.2) is 0 Å². The van der Waals surface area contributed by atoms with E-state index in [9.17, 15) is 13.2 Å². The monoisotopic (exact) mass is 212 g/mol. The van der Waals surface area contributed by atoms with Gasteiger partial charge in [0.2, 0.25) is 0 Å². The highest BCUT2D eigenvalue weighted by Gasteiger charge is 2.33. The van der Waals surface area contributed by atoms with Crippen molar-refractivity contribution in [2.75, 3.05) is 0 Å². The fourth-order valence-corrected chi connectivity index (χ4v) is 1.36. The van der Waals surface area contributed by atoms with E-state index in [-0.39, 0.29) is 17.2 Å². The molecule has 74 valence electrons. The van der Waals surface area contributed by atoms with Crippen molar-refractivity contribution >= 4 is 11.6 Å². The highest BCUT2D eigenvalue weighted by Crippen LogP contribution is 2.31. The van der Waals surface area contributed by atoms with E-state index < -0.39 is 6.36 Å². The first-order valence-corrected chi connectivity index (χ1v) is 4.08. The molecular weight excluding hydrogens is 205 g/mol. The van der Waals surface area contributed by atoms with Crippen LogP contribution in [0.4, 0.5) is 13.2 Å². The van der Waals surface area contributed by atoms with Crippen LogP contribution in [-0.4, -0.2) is 6.36 Å². The molecule has 0 aromatic heterocycles. The summed E-state index contributed by atoms with van der Waals surface area (Å²) < 4.78 is 39.1. The molecule has 13 heavy (non-hydrogen) atoms. The summed E-state index contributed by atoms with van der Waals surface area (Å²) in [6, 6.07) is 0. The van der Waals surface area contributed by atoms with Gasteiger partial charge in [0, 0.05) is 6.42 Å². The molecule has 0 heterocycles. The Bertz CT molecular complexity index is 265. The van der Waals surface area contributed by atoms with E-state index in [0.717, 1.165) is 5.57 Å². The minimum absolute atomic E-state index is 0.0427. The second-order valence-electron chi connectivity index (χ2n) is 2.81. The Hall–Kier alpha value is -0.640. The molecule has 0 amide bonds. The van der Waals surface area contributed by atoms with Gasteiger partial charge in [-0.1, -0.05) is 17.2 Å². The van der Waals surface area contributed by atoms with Crippen molar-refractivity contribution in [3.05, 3.63) is 22.4 Å². The lowest BCUT2D eigenvalue weighted by atomic mass is 10.1. The summed E-state index contributed by atoms with van der Waals surface area (Å²) in [4.78, 5) is 0. The summed E-state index contributed by atoms with van der Waals surface area (Å²) >= 11 is 5.56. The standard InChI is InChI=1S/C8H8ClF3O/c1-5-2-3-7(6(9)4-5)13-8(10,11)12/h4H,2-3H2,1H3. The highest BCUT2D eigenvalue weighted by molar-refractivity contribution is 6.31. The molecule has 0 aliphatic heterocycles. The first-order chi connectivity index (χ1) is 5.88. The molecule has 1 aliphatic carbocycles. The maximum Gasteiger partial charge on any atom is 0.572 e. The van der Waals surface area contributed by atoms with Gasteiger partial charge in [0.25, 0.3) is 0 Å². The fourth-order valence-electron chi connectivity index (χ4n) is 1.04. The Kier molecular flexibility index (Phi) is 2.91. The van der Waals surface area contributed by atoms with E-state index in [1.54, 1.807) is 0 Å². The average molecular weight is 213 g/mol. The van der Waals surface area contributed by atoms with E-state index in [1.165, 1.54) is 6.08 Å². The van der Waals surface area contributed by atoms with Crippen molar-refractivity contribution in [3.63, 3.8) is 0 Å². The Balaban J connectivity index is 2.75. The van der Waals surface area contributed by atoms with Gasteiger partial charge >= 0.3 is 6.36 Å². The van der Waals surface area contributed by atoms with Gasteiger partial charge in [-0.05, 0) is 19.4 Å². The molecule has 0 spiro atoms. The third-order valence-corrected chi connectivity index (χ3v) is 1.94. The number of alkyl halides is 3. The molecule has 0 atom stereocenters. The smallest absolute Gasteiger partial charge is 0.409 e. The second-order valence-corrected chi connectivity index (χ2v) is 3.22. The summed E-state index contributed by atoms with van der Waals surface area (Å²) in [7, 11) is 0. The normalized spacial score (nSPS) is 18.7. The van der Waals surface area contributed by atoms with Gasteiger partial charge in [-0.2, -0.15) is 0 Å². The first kappa shape index (κ1) is 10.4. The van der Waals surface area contributed by atoms with Crippen molar-refractivity contribution in [3.8, 4) is 0 Å². The van der Waals surface area contributed by atoms with E-state index in [2.05, 4.69) is 4.74 Å². The lowest BCUT2D eigenvalue weighted by Gasteiger charge is -2.17. The van der Waals surface area contributed by atoms with E-state index in [4.69, 9.17) is 11.6 Å². The Morgan fingerprint density at radius 1 is 1.38 bits per heavy atom. The number of hydrogen-bond donors (Lipinski definition) is 0. The molecule has 5 heteroatoms. The summed E-state index contributed by atoms with van der Waals surface area (Å²) in [5.41, 5.74) is 0.958. The molecule has 0 aromatic rings. The SMILES string of the molecule is CC1=CC(Cl)=C(OC(F)(F)F)CC1. The number of ether oxygens (including phenoxy) is 1. The zero-order valence-electron chi connectivity index (χ0n) is 6.91. The van der Waals surface area contributed by atoms with E-state index in [1.807, 2.05) is 6.92 Å². The number of hydrogen-bond acceptors (Lipinski definition) is 1. The third-order valence-electron chi connectivity index (χ3n) is 1.62. The molecule has 0 radical (unpaired) electrons. The fraction of sp³-hybridized carbons (Fsp3) is 0.500. The van der Waals surface area contributed by atoms with Gasteiger partial charge in [0.1, 0.15) is 5.76 Å². The molecule has 0 bridgehead atoms. The van der Waals surface area contributed by atoms with Crippen LogP contribution < -0.4 is 0 Å². The summed E-state index contributed by atoms with van der Waals surface area (Å²) in [6.07, 6.45) is -2.39. The molecule has 1 rings (SSSR count). The molecular formula is C8H8ClF3O. The van der Waals surface area contributed by atoms with Crippen LogP contribution in [0.15, 0.2) is 22.4 Å². The molecule has 1 nitrogen and oxygen atoms in total. The number of rotatable bonds is 1. The first-order valence-electron chi connectivity index (χ1n) is 3.70. The van der Waals surface area contributed by atoms with Crippen LogP contribution in [0.5, 0.6) is 0 Å². The minimum atomic E-state index is -4.64. The minimum Gasteiger partial charge on any atom is -0.409 e. The largest absolute Gasteiger partial charge is 0.572 e. The average Bonchev–Trinajstić information content (AvgIpc) is 1.93. The molecule has 0 N–H and O–H groups in total. The van der Waals surface area contributed by atoms with Crippen molar-refractivity contribution in [2.45, 2.75) is 26.1 Å².